The molecule has 18 heavy (non-hydrogen) atoms. The Kier molecular flexibility index (Phi) is 6.80. The number of halogens is 1. The van der Waals surface area contributed by atoms with Crippen LogP contribution in [0.15, 0.2) is 6.07 Å². The second-order valence-electron chi connectivity index (χ2n) is 4.11. The van der Waals surface area contributed by atoms with Gasteiger partial charge < -0.3 is 9.64 Å². The van der Waals surface area contributed by atoms with E-state index in [2.05, 4.69) is 21.8 Å². The van der Waals surface area contributed by atoms with E-state index in [4.69, 9.17) is 16.3 Å². The van der Waals surface area contributed by atoms with Crippen molar-refractivity contribution < 1.29 is 4.74 Å². The SMILES string of the molecule is CCCCN(CCCl)c1nc(C)cc(OCC)n1. The number of hydrogen-bond acceptors (Lipinski definition) is 4. The Morgan fingerprint density at radius 2 is 2.06 bits per heavy atom. The predicted octanol–water partition coefficient (Wildman–Crippen LogP) is 3.03. The molecule has 0 aliphatic carbocycles. The largest absolute Gasteiger partial charge is 0.478 e. The summed E-state index contributed by atoms with van der Waals surface area (Å²) in [4.78, 5) is 11.0. The van der Waals surface area contributed by atoms with Gasteiger partial charge in [-0.1, -0.05) is 13.3 Å². The van der Waals surface area contributed by atoms with Crippen molar-refractivity contribution in [2.45, 2.75) is 33.6 Å². The number of aromatic nitrogens is 2. The zero-order valence-corrected chi connectivity index (χ0v) is 12.2. The molecule has 1 aromatic heterocycles. The third-order valence-corrected chi connectivity index (χ3v) is 2.70. The monoisotopic (exact) mass is 271 g/mol. The summed E-state index contributed by atoms with van der Waals surface area (Å²) in [5, 5.41) is 0. The fraction of sp³-hybridized carbons (Fsp3) is 0.692. The van der Waals surface area contributed by atoms with E-state index in [0.717, 1.165) is 31.6 Å². The molecule has 1 rings (SSSR count). The normalized spacial score (nSPS) is 10.4. The van der Waals surface area contributed by atoms with Gasteiger partial charge in [0.25, 0.3) is 0 Å². The average Bonchev–Trinajstić information content (AvgIpc) is 2.34. The van der Waals surface area contributed by atoms with Crippen LogP contribution in [0.2, 0.25) is 0 Å². The zero-order valence-electron chi connectivity index (χ0n) is 11.4. The van der Waals surface area contributed by atoms with Crippen LogP contribution >= 0.6 is 11.6 Å². The van der Waals surface area contributed by atoms with Crippen LogP contribution in [-0.2, 0) is 0 Å². The Hall–Kier alpha value is -1.03. The van der Waals surface area contributed by atoms with Gasteiger partial charge in [0, 0.05) is 30.7 Å². The standard InChI is InChI=1S/C13H22ClN3O/c1-4-6-8-17(9-7-14)13-15-11(3)10-12(16-13)18-5-2/h10H,4-9H2,1-3H3. The highest BCUT2D eigenvalue weighted by molar-refractivity contribution is 6.18. The molecule has 0 N–H and O–H groups in total. The smallest absolute Gasteiger partial charge is 0.228 e. The van der Waals surface area contributed by atoms with Crippen LogP contribution in [0.3, 0.4) is 0 Å². The summed E-state index contributed by atoms with van der Waals surface area (Å²) in [7, 11) is 0. The van der Waals surface area contributed by atoms with Crippen molar-refractivity contribution in [2.75, 3.05) is 30.5 Å². The van der Waals surface area contributed by atoms with E-state index in [1.165, 1.54) is 0 Å². The first kappa shape index (κ1) is 15.0. The average molecular weight is 272 g/mol. The van der Waals surface area contributed by atoms with Crippen LogP contribution in [0.4, 0.5) is 5.95 Å². The number of ether oxygens (including phenoxy) is 1. The zero-order chi connectivity index (χ0) is 13.4. The minimum absolute atomic E-state index is 0.574. The molecule has 1 heterocycles. The van der Waals surface area contributed by atoms with E-state index in [9.17, 15) is 0 Å². The van der Waals surface area contributed by atoms with Crippen molar-refractivity contribution in [2.24, 2.45) is 0 Å². The van der Waals surface area contributed by atoms with Gasteiger partial charge >= 0.3 is 0 Å². The summed E-state index contributed by atoms with van der Waals surface area (Å²) >= 11 is 5.84. The Labute approximate surface area is 114 Å². The molecule has 0 saturated heterocycles. The molecule has 0 fully saturated rings. The highest BCUT2D eigenvalue weighted by atomic mass is 35.5. The lowest BCUT2D eigenvalue weighted by atomic mass is 10.3. The van der Waals surface area contributed by atoms with E-state index >= 15 is 0 Å². The Morgan fingerprint density at radius 3 is 2.67 bits per heavy atom. The second-order valence-corrected chi connectivity index (χ2v) is 4.49. The van der Waals surface area contributed by atoms with E-state index in [-0.39, 0.29) is 0 Å². The van der Waals surface area contributed by atoms with E-state index in [0.29, 0.717) is 24.3 Å². The van der Waals surface area contributed by atoms with Gasteiger partial charge in [0.05, 0.1) is 6.61 Å². The molecule has 0 spiro atoms. The molecule has 0 unspecified atom stereocenters. The van der Waals surface area contributed by atoms with Gasteiger partial charge in [-0.05, 0) is 20.3 Å². The van der Waals surface area contributed by atoms with Gasteiger partial charge in [-0.25, -0.2) is 4.98 Å². The van der Waals surface area contributed by atoms with Crippen molar-refractivity contribution in [1.82, 2.24) is 9.97 Å². The Balaban J connectivity index is 2.87. The first-order valence-electron chi connectivity index (χ1n) is 6.50. The third-order valence-electron chi connectivity index (χ3n) is 2.53. The molecule has 0 atom stereocenters. The maximum atomic E-state index is 5.84. The fourth-order valence-electron chi connectivity index (χ4n) is 1.65. The maximum Gasteiger partial charge on any atom is 0.228 e. The molecule has 0 aromatic carbocycles. The van der Waals surface area contributed by atoms with Crippen LogP contribution in [0.1, 0.15) is 32.4 Å². The third kappa shape index (κ3) is 4.69. The fourth-order valence-corrected chi connectivity index (χ4v) is 1.85. The quantitative estimate of drug-likeness (QED) is 0.681. The highest BCUT2D eigenvalue weighted by Crippen LogP contribution is 2.16. The lowest BCUT2D eigenvalue weighted by Gasteiger charge is -2.22. The first-order valence-corrected chi connectivity index (χ1v) is 7.04. The molecule has 4 nitrogen and oxygen atoms in total. The molecule has 0 amide bonds. The van der Waals surface area contributed by atoms with Crippen molar-refractivity contribution in [3.05, 3.63) is 11.8 Å². The van der Waals surface area contributed by atoms with Crippen molar-refractivity contribution in [3.8, 4) is 5.88 Å². The van der Waals surface area contributed by atoms with Crippen LogP contribution in [0.25, 0.3) is 0 Å². The minimum atomic E-state index is 0.574. The summed E-state index contributed by atoms with van der Waals surface area (Å²) in [6, 6.07) is 1.85. The van der Waals surface area contributed by atoms with Gasteiger partial charge in [-0.2, -0.15) is 4.98 Å². The number of alkyl halides is 1. The van der Waals surface area contributed by atoms with E-state index < -0.39 is 0 Å². The topological polar surface area (TPSA) is 38.2 Å². The van der Waals surface area contributed by atoms with Gasteiger partial charge in [0.2, 0.25) is 11.8 Å². The number of aryl methyl sites for hydroxylation is 1. The van der Waals surface area contributed by atoms with Crippen molar-refractivity contribution in [1.29, 1.82) is 0 Å². The Bertz CT molecular complexity index is 360. The summed E-state index contributed by atoms with van der Waals surface area (Å²) in [6.45, 7) is 8.37. The lowest BCUT2D eigenvalue weighted by Crippen LogP contribution is -2.28. The van der Waals surface area contributed by atoms with Gasteiger partial charge in [0.1, 0.15) is 0 Å². The molecule has 0 bridgehead atoms. The summed E-state index contributed by atoms with van der Waals surface area (Å²) in [6.07, 6.45) is 2.25. The Morgan fingerprint density at radius 1 is 1.28 bits per heavy atom. The van der Waals surface area contributed by atoms with Crippen LogP contribution < -0.4 is 9.64 Å². The van der Waals surface area contributed by atoms with Gasteiger partial charge in [-0.15, -0.1) is 11.6 Å². The molecular formula is C13H22ClN3O. The van der Waals surface area contributed by atoms with Gasteiger partial charge in [0.15, 0.2) is 0 Å². The van der Waals surface area contributed by atoms with Gasteiger partial charge in [-0.3, -0.25) is 0 Å². The van der Waals surface area contributed by atoms with Crippen LogP contribution in [-0.4, -0.2) is 35.5 Å². The number of hydrogen-bond donors (Lipinski definition) is 0. The number of anilines is 1. The highest BCUT2D eigenvalue weighted by Gasteiger charge is 2.11. The van der Waals surface area contributed by atoms with Crippen LogP contribution in [0, 0.1) is 6.92 Å². The summed E-state index contributed by atoms with van der Waals surface area (Å²) in [5.41, 5.74) is 0.916. The second kappa shape index (κ2) is 8.14. The predicted molar refractivity (Wildman–Crippen MR) is 75.8 cm³/mol. The molecule has 0 radical (unpaired) electrons. The van der Waals surface area contributed by atoms with E-state index in [1.807, 2.05) is 19.9 Å². The van der Waals surface area contributed by atoms with Crippen LogP contribution in [0.5, 0.6) is 5.88 Å². The molecule has 1 aromatic rings. The minimum Gasteiger partial charge on any atom is -0.478 e. The molecule has 0 saturated carbocycles. The lowest BCUT2D eigenvalue weighted by molar-refractivity contribution is 0.326. The number of unbranched alkanes of at least 4 members (excludes halogenated alkanes) is 1. The van der Waals surface area contributed by atoms with E-state index in [1.54, 1.807) is 0 Å². The molecule has 0 aliphatic rings. The maximum absolute atomic E-state index is 5.84. The first-order chi connectivity index (χ1) is 8.71. The molecule has 102 valence electrons. The number of rotatable bonds is 8. The number of nitrogens with zero attached hydrogens (tertiary/aromatic N) is 3. The van der Waals surface area contributed by atoms with Crippen molar-refractivity contribution >= 4 is 17.5 Å². The summed E-state index contributed by atoms with van der Waals surface area (Å²) in [5.74, 6) is 1.92. The molecule has 5 heteroatoms. The molecular weight excluding hydrogens is 250 g/mol. The molecule has 0 aliphatic heterocycles. The summed E-state index contributed by atoms with van der Waals surface area (Å²) < 4.78 is 5.45. The van der Waals surface area contributed by atoms with Crippen molar-refractivity contribution in [3.63, 3.8) is 0 Å².